The molecule has 0 bridgehead atoms. The van der Waals surface area contributed by atoms with E-state index >= 15 is 0 Å². The highest BCUT2D eigenvalue weighted by atomic mass is 35.5. The predicted octanol–water partition coefficient (Wildman–Crippen LogP) is 1.84. The van der Waals surface area contributed by atoms with Crippen molar-refractivity contribution in [3.8, 4) is 0 Å². The summed E-state index contributed by atoms with van der Waals surface area (Å²) >= 11 is 9.28. The molecule has 0 radical (unpaired) electrons. The summed E-state index contributed by atoms with van der Waals surface area (Å²) in [7, 11) is 0. The molecule has 0 aliphatic carbocycles. The lowest BCUT2D eigenvalue weighted by Gasteiger charge is -2.17. The van der Waals surface area contributed by atoms with Crippen molar-refractivity contribution in [2.45, 2.75) is 24.1 Å². The van der Waals surface area contributed by atoms with Gasteiger partial charge in [-0.25, -0.2) is 0 Å². The van der Waals surface area contributed by atoms with E-state index in [1.165, 1.54) is 0 Å². The Kier molecular flexibility index (Phi) is 4.86. The zero-order valence-corrected chi connectivity index (χ0v) is 7.93. The van der Waals surface area contributed by atoms with Crippen LogP contribution in [0, 0.1) is 0 Å². The van der Waals surface area contributed by atoms with Gasteiger partial charge in [0.1, 0.15) is 4.33 Å². The minimum atomic E-state index is -2.03. The van der Waals surface area contributed by atoms with Gasteiger partial charge in [-0.1, -0.05) is 18.0 Å². The molecule has 0 N–H and O–H groups in total. The van der Waals surface area contributed by atoms with E-state index in [9.17, 15) is 8.76 Å². The molecule has 0 aromatic heterocycles. The molecule has 1 unspecified atom stereocenters. The molecule has 1 atom stereocenters. The first-order chi connectivity index (χ1) is 4.48. The largest absolute Gasteiger partial charge is 0.772 e. The fourth-order valence-electron chi connectivity index (χ4n) is 0.409. The molecule has 0 aromatic rings. The predicted molar refractivity (Wildman–Crippen MR) is 43.1 cm³/mol. The fraction of sp³-hybridized carbons (Fsp3) is 1.00. The summed E-state index contributed by atoms with van der Waals surface area (Å²) < 4.78 is 19.2. The van der Waals surface area contributed by atoms with Gasteiger partial charge in [0.15, 0.2) is 0 Å². The molecule has 2 nitrogen and oxygen atoms in total. The first-order valence-corrected chi connectivity index (χ1v) is 4.91. The van der Waals surface area contributed by atoms with E-state index in [1.54, 1.807) is 0 Å². The Labute approximate surface area is 73.2 Å². The van der Waals surface area contributed by atoms with Crippen molar-refractivity contribution in [3.63, 3.8) is 0 Å². The summed E-state index contributed by atoms with van der Waals surface area (Å²) in [6, 6.07) is 0. The van der Waals surface area contributed by atoms with Gasteiger partial charge >= 0.3 is 0 Å². The SMILES string of the molecule is CCC(Cl)(Cl)CCS(=O)[O-]. The minimum absolute atomic E-state index is 0.0286. The number of hydrogen-bond acceptors (Lipinski definition) is 2. The Balaban J connectivity index is 3.56. The van der Waals surface area contributed by atoms with E-state index < -0.39 is 15.4 Å². The van der Waals surface area contributed by atoms with E-state index in [4.69, 9.17) is 23.2 Å². The Morgan fingerprint density at radius 3 is 2.40 bits per heavy atom. The van der Waals surface area contributed by atoms with Crippen molar-refractivity contribution < 1.29 is 8.76 Å². The summed E-state index contributed by atoms with van der Waals surface area (Å²) in [6.45, 7) is 1.81. The molecule has 0 saturated heterocycles. The molecular formula is C5H9Cl2O2S-. The van der Waals surface area contributed by atoms with Gasteiger partial charge in [-0.2, -0.15) is 0 Å². The van der Waals surface area contributed by atoms with Crippen LogP contribution in [0.15, 0.2) is 0 Å². The molecule has 0 aromatic carbocycles. The normalized spacial score (nSPS) is 15.2. The van der Waals surface area contributed by atoms with E-state index in [0.29, 0.717) is 12.8 Å². The van der Waals surface area contributed by atoms with E-state index in [0.717, 1.165) is 0 Å². The second kappa shape index (κ2) is 4.54. The van der Waals surface area contributed by atoms with Crippen LogP contribution in [0.4, 0.5) is 0 Å². The highest BCUT2D eigenvalue weighted by molar-refractivity contribution is 7.79. The Hall–Kier alpha value is 0.690. The van der Waals surface area contributed by atoms with Crippen LogP contribution in [-0.2, 0) is 11.1 Å². The van der Waals surface area contributed by atoms with Crippen LogP contribution >= 0.6 is 23.2 Å². The van der Waals surface area contributed by atoms with Gasteiger partial charge in [0.05, 0.1) is 0 Å². The Bertz CT molecular complexity index is 127. The average Bonchev–Trinajstić information content (AvgIpc) is 1.85. The third-order valence-corrected chi connectivity index (χ3v) is 2.60. The third kappa shape index (κ3) is 5.47. The topological polar surface area (TPSA) is 40.1 Å². The lowest BCUT2D eigenvalue weighted by molar-refractivity contribution is 0.531. The van der Waals surface area contributed by atoms with Gasteiger partial charge in [-0.05, 0) is 12.8 Å². The van der Waals surface area contributed by atoms with Gasteiger partial charge in [0.2, 0.25) is 0 Å². The van der Waals surface area contributed by atoms with Crippen molar-refractivity contribution >= 4 is 34.3 Å². The average molecular weight is 204 g/mol. The standard InChI is InChI=1S/C5H10Cl2O2S/c1-2-5(6,7)3-4-10(8)9/h2-4H2,1H3,(H,8,9)/p-1. The van der Waals surface area contributed by atoms with Crippen LogP contribution in [0.1, 0.15) is 19.8 Å². The lowest BCUT2D eigenvalue weighted by Crippen LogP contribution is -2.14. The summed E-state index contributed by atoms with van der Waals surface area (Å²) in [5.41, 5.74) is 0. The fourth-order valence-corrected chi connectivity index (χ4v) is 1.34. The molecule has 0 fully saturated rings. The van der Waals surface area contributed by atoms with Gasteiger partial charge in [0, 0.05) is 5.75 Å². The highest BCUT2D eigenvalue weighted by Crippen LogP contribution is 2.28. The van der Waals surface area contributed by atoms with Crippen molar-refractivity contribution in [2.24, 2.45) is 0 Å². The number of alkyl halides is 2. The van der Waals surface area contributed by atoms with E-state index in [1.807, 2.05) is 6.92 Å². The van der Waals surface area contributed by atoms with Crippen molar-refractivity contribution in [3.05, 3.63) is 0 Å². The molecule has 10 heavy (non-hydrogen) atoms. The minimum Gasteiger partial charge on any atom is -0.772 e. The molecule has 0 rings (SSSR count). The first kappa shape index (κ1) is 10.7. The van der Waals surface area contributed by atoms with Gasteiger partial charge in [-0.15, -0.1) is 23.2 Å². The van der Waals surface area contributed by atoms with Gasteiger partial charge in [0.25, 0.3) is 0 Å². The Morgan fingerprint density at radius 2 is 2.10 bits per heavy atom. The number of rotatable bonds is 4. The molecule has 0 amide bonds. The number of halogens is 2. The van der Waals surface area contributed by atoms with Crippen LogP contribution < -0.4 is 0 Å². The zero-order chi connectivity index (χ0) is 8.20. The summed E-state index contributed by atoms with van der Waals surface area (Å²) in [6.07, 6.45) is 0.857. The van der Waals surface area contributed by atoms with Crippen LogP contribution in [0.5, 0.6) is 0 Å². The van der Waals surface area contributed by atoms with E-state index in [-0.39, 0.29) is 5.75 Å². The summed E-state index contributed by atoms with van der Waals surface area (Å²) in [4.78, 5) is 0. The molecular weight excluding hydrogens is 195 g/mol. The van der Waals surface area contributed by atoms with Crippen LogP contribution in [0.2, 0.25) is 0 Å². The molecule has 62 valence electrons. The van der Waals surface area contributed by atoms with E-state index in [2.05, 4.69) is 0 Å². The van der Waals surface area contributed by atoms with Crippen LogP contribution in [-0.4, -0.2) is 18.8 Å². The molecule has 0 saturated carbocycles. The number of hydrogen-bond donors (Lipinski definition) is 0. The maximum absolute atomic E-state index is 10.0. The second-order valence-corrected chi connectivity index (χ2v) is 4.62. The quantitative estimate of drug-likeness (QED) is 0.517. The molecule has 5 heteroatoms. The maximum Gasteiger partial charge on any atom is 0.118 e. The summed E-state index contributed by atoms with van der Waals surface area (Å²) in [5, 5.41) is 0. The monoisotopic (exact) mass is 203 g/mol. The second-order valence-electron chi connectivity index (χ2n) is 1.97. The highest BCUT2D eigenvalue weighted by Gasteiger charge is 2.20. The summed E-state index contributed by atoms with van der Waals surface area (Å²) in [5.74, 6) is 0.0286. The van der Waals surface area contributed by atoms with Crippen molar-refractivity contribution in [1.82, 2.24) is 0 Å². The lowest BCUT2D eigenvalue weighted by atomic mass is 10.2. The zero-order valence-electron chi connectivity index (χ0n) is 5.60. The molecule has 0 heterocycles. The van der Waals surface area contributed by atoms with Crippen molar-refractivity contribution in [1.29, 1.82) is 0 Å². The van der Waals surface area contributed by atoms with Gasteiger partial charge in [-0.3, -0.25) is 4.21 Å². The van der Waals surface area contributed by atoms with Crippen LogP contribution in [0.25, 0.3) is 0 Å². The molecule has 0 aliphatic rings. The maximum atomic E-state index is 10.0. The smallest absolute Gasteiger partial charge is 0.118 e. The molecule has 0 aliphatic heterocycles. The Morgan fingerprint density at radius 1 is 1.60 bits per heavy atom. The first-order valence-electron chi connectivity index (χ1n) is 2.91. The van der Waals surface area contributed by atoms with Crippen molar-refractivity contribution in [2.75, 3.05) is 5.75 Å². The molecule has 0 spiro atoms. The van der Waals surface area contributed by atoms with Gasteiger partial charge < -0.3 is 4.55 Å². The van der Waals surface area contributed by atoms with Crippen LogP contribution in [0.3, 0.4) is 0 Å². The third-order valence-electron chi connectivity index (χ3n) is 1.15.